The molecule has 0 saturated carbocycles. The Morgan fingerprint density at radius 1 is 1.17 bits per heavy atom. The number of unbranched alkanes of at least 4 members (excludes halogenated alkanes) is 1. The summed E-state index contributed by atoms with van der Waals surface area (Å²) >= 11 is 0. The largest absolute Gasteiger partial charge is 0.410 e. The van der Waals surface area contributed by atoms with E-state index >= 15 is 0 Å². The van der Waals surface area contributed by atoms with Crippen LogP contribution in [0.3, 0.4) is 0 Å². The molecule has 0 aliphatic rings. The van der Waals surface area contributed by atoms with Gasteiger partial charge in [-0.25, -0.2) is 0 Å². The lowest BCUT2D eigenvalue weighted by atomic mass is 9.99. The van der Waals surface area contributed by atoms with Crippen LogP contribution in [0.5, 0.6) is 0 Å². The van der Waals surface area contributed by atoms with E-state index in [1.54, 1.807) is 0 Å². The SMILES string of the molecule is C=C(CCc1ccccc1)[C@H](CCCC)O[Si](C)(C)C(C)(C)C. The van der Waals surface area contributed by atoms with Crippen molar-refractivity contribution in [2.45, 2.75) is 84.0 Å². The highest BCUT2D eigenvalue weighted by Gasteiger charge is 2.39. The van der Waals surface area contributed by atoms with Crippen molar-refractivity contribution < 1.29 is 4.43 Å². The predicted molar refractivity (Wildman–Crippen MR) is 105 cm³/mol. The average Bonchev–Trinajstić information content (AvgIpc) is 2.48. The van der Waals surface area contributed by atoms with Crippen molar-refractivity contribution >= 4 is 8.32 Å². The fourth-order valence-electron chi connectivity index (χ4n) is 2.38. The van der Waals surface area contributed by atoms with Crippen LogP contribution in [0.4, 0.5) is 0 Å². The second kappa shape index (κ2) is 8.84. The lowest BCUT2D eigenvalue weighted by Crippen LogP contribution is -2.44. The molecule has 1 aromatic rings. The maximum Gasteiger partial charge on any atom is 0.192 e. The molecule has 1 aromatic carbocycles. The summed E-state index contributed by atoms with van der Waals surface area (Å²) in [6.07, 6.45) is 5.83. The van der Waals surface area contributed by atoms with Crippen LogP contribution >= 0.6 is 0 Å². The van der Waals surface area contributed by atoms with Crippen LogP contribution in [0.1, 0.15) is 58.9 Å². The van der Waals surface area contributed by atoms with Crippen LogP contribution < -0.4 is 0 Å². The van der Waals surface area contributed by atoms with Crippen LogP contribution in [-0.4, -0.2) is 14.4 Å². The van der Waals surface area contributed by atoms with E-state index in [1.165, 1.54) is 24.0 Å². The van der Waals surface area contributed by atoms with E-state index in [4.69, 9.17) is 4.43 Å². The normalized spacial score (nSPS) is 13.8. The molecule has 0 aromatic heterocycles. The van der Waals surface area contributed by atoms with Gasteiger partial charge in [0.25, 0.3) is 0 Å². The highest BCUT2D eigenvalue weighted by Crippen LogP contribution is 2.38. The van der Waals surface area contributed by atoms with E-state index in [0.29, 0.717) is 0 Å². The molecular weight excluding hydrogens is 296 g/mol. The van der Waals surface area contributed by atoms with E-state index in [0.717, 1.165) is 19.3 Å². The summed E-state index contributed by atoms with van der Waals surface area (Å²) in [7, 11) is -1.75. The second-order valence-electron chi connectivity index (χ2n) is 8.15. The van der Waals surface area contributed by atoms with Crippen LogP contribution in [0, 0.1) is 0 Å². The molecular formula is C21H36OSi. The molecule has 0 spiro atoms. The summed E-state index contributed by atoms with van der Waals surface area (Å²) in [5, 5.41) is 0.247. The van der Waals surface area contributed by atoms with Gasteiger partial charge in [0.2, 0.25) is 0 Å². The molecule has 0 unspecified atom stereocenters. The monoisotopic (exact) mass is 332 g/mol. The van der Waals surface area contributed by atoms with Crippen LogP contribution in [-0.2, 0) is 10.8 Å². The first kappa shape index (κ1) is 20.2. The Morgan fingerprint density at radius 2 is 1.78 bits per heavy atom. The molecule has 0 aliphatic heterocycles. The number of benzene rings is 1. The highest BCUT2D eigenvalue weighted by molar-refractivity contribution is 6.74. The Bertz CT molecular complexity index is 470. The quantitative estimate of drug-likeness (QED) is 0.359. The van der Waals surface area contributed by atoms with Gasteiger partial charge in [-0.2, -0.15) is 0 Å². The average molecular weight is 333 g/mol. The summed E-state index contributed by atoms with van der Waals surface area (Å²) in [5.74, 6) is 0. The van der Waals surface area contributed by atoms with Crippen molar-refractivity contribution in [1.29, 1.82) is 0 Å². The third-order valence-corrected chi connectivity index (χ3v) is 9.58. The van der Waals surface area contributed by atoms with Crippen molar-refractivity contribution in [2.75, 3.05) is 0 Å². The van der Waals surface area contributed by atoms with Crippen LogP contribution in [0.2, 0.25) is 18.1 Å². The van der Waals surface area contributed by atoms with Crippen LogP contribution in [0.25, 0.3) is 0 Å². The number of aryl methyl sites for hydroxylation is 1. The van der Waals surface area contributed by atoms with Gasteiger partial charge in [0.1, 0.15) is 0 Å². The van der Waals surface area contributed by atoms with E-state index in [-0.39, 0.29) is 11.1 Å². The maximum absolute atomic E-state index is 6.69. The molecule has 0 N–H and O–H groups in total. The molecule has 0 saturated heterocycles. The Labute approximate surface area is 145 Å². The summed E-state index contributed by atoms with van der Waals surface area (Å²) in [6.45, 7) is 18.2. The molecule has 0 bridgehead atoms. The number of rotatable bonds is 9. The van der Waals surface area contributed by atoms with Crippen molar-refractivity contribution in [3.8, 4) is 0 Å². The number of hydrogen-bond donors (Lipinski definition) is 0. The topological polar surface area (TPSA) is 9.23 Å². The third kappa shape index (κ3) is 6.64. The first-order valence-corrected chi connectivity index (χ1v) is 12.0. The van der Waals surface area contributed by atoms with Gasteiger partial charge in [-0.15, -0.1) is 0 Å². The Hall–Kier alpha value is -0.863. The third-order valence-electron chi connectivity index (χ3n) is 5.10. The molecule has 0 amide bonds. The zero-order valence-electron chi connectivity index (χ0n) is 16.1. The fourth-order valence-corrected chi connectivity index (χ4v) is 3.73. The molecule has 23 heavy (non-hydrogen) atoms. The van der Waals surface area contributed by atoms with Gasteiger partial charge >= 0.3 is 0 Å². The molecule has 130 valence electrons. The Kier molecular flexibility index (Phi) is 7.76. The summed E-state index contributed by atoms with van der Waals surface area (Å²) in [6, 6.07) is 10.7. The smallest absolute Gasteiger partial charge is 0.192 e. The van der Waals surface area contributed by atoms with E-state index in [9.17, 15) is 0 Å². The minimum Gasteiger partial charge on any atom is -0.410 e. The highest BCUT2D eigenvalue weighted by atomic mass is 28.4. The molecule has 0 aliphatic carbocycles. The van der Waals surface area contributed by atoms with Gasteiger partial charge < -0.3 is 4.43 Å². The molecule has 2 heteroatoms. The Balaban J connectivity index is 2.70. The van der Waals surface area contributed by atoms with Gasteiger partial charge in [0, 0.05) is 0 Å². The predicted octanol–water partition coefficient (Wildman–Crippen LogP) is 6.76. The van der Waals surface area contributed by atoms with Crippen molar-refractivity contribution in [2.24, 2.45) is 0 Å². The number of hydrogen-bond acceptors (Lipinski definition) is 1. The molecule has 1 rings (SSSR count). The minimum absolute atomic E-state index is 0.222. The molecule has 1 atom stereocenters. The van der Waals surface area contributed by atoms with Crippen molar-refractivity contribution in [3.05, 3.63) is 48.0 Å². The molecule has 0 radical (unpaired) electrons. The van der Waals surface area contributed by atoms with Gasteiger partial charge in [-0.3, -0.25) is 0 Å². The molecule has 0 heterocycles. The van der Waals surface area contributed by atoms with Crippen molar-refractivity contribution in [3.63, 3.8) is 0 Å². The first-order chi connectivity index (χ1) is 10.7. The van der Waals surface area contributed by atoms with E-state index in [1.807, 2.05) is 0 Å². The van der Waals surface area contributed by atoms with Crippen LogP contribution in [0.15, 0.2) is 42.5 Å². The molecule has 0 fully saturated rings. The van der Waals surface area contributed by atoms with Gasteiger partial charge in [-0.1, -0.05) is 77.4 Å². The maximum atomic E-state index is 6.69. The van der Waals surface area contributed by atoms with Gasteiger partial charge in [-0.05, 0) is 48.5 Å². The second-order valence-corrected chi connectivity index (χ2v) is 12.9. The zero-order valence-corrected chi connectivity index (χ0v) is 17.1. The van der Waals surface area contributed by atoms with Crippen molar-refractivity contribution in [1.82, 2.24) is 0 Å². The summed E-state index contributed by atoms with van der Waals surface area (Å²) in [4.78, 5) is 0. The zero-order chi connectivity index (χ0) is 17.5. The standard InChI is InChI=1S/C21H36OSi/c1-8-9-15-20(22-23(6,7)21(3,4)5)18(2)16-17-19-13-11-10-12-14-19/h10-14,20H,2,8-9,15-17H2,1,3-7H3/t20-/m0/s1. The van der Waals surface area contributed by atoms with Gasteiger partial charge in [0.05, 0.1) is 6.10 Å². The molecule has 1 nitrogen and oxygen atoms in total. The fraction of sp³-hybridized carbons (Fsp3) is 0.619. The summed E-state index contributed by atoms with van der Waals surface area (Å²) < 4.78 is 6.69. The van der Waals surface area contributed by atoms with Gasteiger partial charge in [0.15, 0.2) is 8.32 Å². The lowest BCUT2D eigenvalue weighted by molar-refractivity contribution is 0.197. The lowest BCUT2D eigenvalue weighted by Gasteiger charge is -2.40. The summed E-state index contributed by atoms with van der Waals surface area (Å²) in [5.41, 5.74) is 2.65. The van der Waals surface area contributed by atoms with E-state index in [2.05, 4.69) is 77.7 Å². The Morgan fingerprint density at radius 3 is 2.30 bits per heavy atom. The van der Waals surface area contributed by atoms with E-state index < -0.39 is 8.32 Å². The first-order valence-electron chi connectivity index (χ1n) is 9.07. The minimum atomic E-state index is -1.75.